The van der Waals surface area contributed by atoms with Gasteiger partial charge in [0.15, 0.2) is 0 Å². The van der Waals surface area contributed by atoms with Crippen LogP contribution in [0.25, 0.3) is 0 Å². The maximum absolute atomic E-state index is 12.0. The number of aryl methyl sites for hydroxylation is 1. The van der Waals surface area contributed by atoms with Gasteiger partial charge in [-0.25, -0.2) is 0 Å². The predicted octanol–water partition coefficient (Wildman–Crippen LogP) is 2.82. The lowest BCUT2D eigenvalue weighted by molar-refractivity contribution is -0.116. The van der Waals surface area contributed by atoms with Gasteiger partial charge in [0, 0.05) is 29.1 Å². The van der Waals surface area contributed by atoms with Crippen molar-refractivity contribution in [2.45, 2.75) is 32.3 Å². The maximum Gasteiger partial charge on any atom is 0.251 e. The average Bonchev–Trinajstić information content (AvgIpc) is 3.06. The smallest absolute Gasteiger partial charge is 0.251 e. The van der Waals surface area contributed by atoms with E-state index >= 15 is 0 Å². The fourth-order valence-corrected chi connectivity index (χ4v) is 2.93. The molecule has 5 nitrogen and oxygen atoms in total. The van der Waals surface area contributed by atoms with E-state index in [1.165, 1.54) is 4.88 Å². The van der Waals surface area contributed by atoms with Gasteiger partial charge in [-0.1, -0.05) is 12.1 Å². The second-order valence-electron chi connectivity index (χ2n) is 5.62. The van der Waals surface area contributed by atoms with Crippen LogP contribution in [-0.2, 0) is 11.2 Å². The summed E-state index contributed by atoms with van der Waals surface area (Å²) in [4.78, 5) is 25.2. The fourth-order valence-electron chi connectivity index (χ4n) is 2.18. The van der Waals surface area contributed by atoms with Crippen molar-refractivity contribution in [3.63, 3.8) is 0 Å². The zero-order chi connectivity index (χ0) is 17.4. The Morgan fingerprint density at radius 2 is 2.08 bits per heavy atom. The summed E-state index contributed by atoms with van der Waals surface area (Å²) in [7, 11) is 0. The first kappa shape index (κ1) is 18.2. The second kappa shape index (κ2) is 9.20. The number of nitrogens with one attached hydrogen (secondary N) is 2. The minimum atomic E-state index is -0.597. The van der Waals surface area contributed by atoms with Gasteiger partial charge in [0.2, 0.25) is 5.91 Å². The summed E-state index contributed by atoms with van der Waals surface area (Å²) >= 11 is 1.70. The Kier molecular flexibility index (Phi) is 6.96. The van der Waals surface area contributed by atoms with Crippen molar-refractivity contribution in [1.82, 2.24) is 5.32 Å². The molecule has 0 bridgehead atoms. The Balaban J connectivity index is 1.82. The van der Waals surface area contributed by atoms with Gasteiger partial charge in [-0.3, -0.25) is 9.59 Å². The molecule has 0 aliphatic carbocycles. The molecule has 1 heterocycles. The van der Waals surface area contributed by atoms with Crippen LogP contribution in [0.1, 0.15) is 35.0 Å². The number of hydrogen-bond acceptors (Lipinski definition) is 4. The minimum absolute atomic E-state index is 0.0619. The zero-order valence-electron chi connectivity index (χ0n) is 13.6. The van der Waals surface area contributed by atoms with E-state index in [1.807, 2.05) is 11.4 Å². The van der Waals surface area contributed by atoms with E-state index < -0.39 is 6.10 Å². The van der Waals surface area contributed by atoms with Crippen LogP contribution in [0.4, 0.5) is 5.69 Å². The summed E-state index contributed by atoms with van der Waals surface area (Å²) in [5.74, 6) is -0.335. The van der Waals surface area contributed by atoms with Crippen LogP contribution in [0.2, 0.25) is 0 Å². The van der Waals surface area contributed by atoms with Crippen molar-refractivity contribution in [3.05, 3.63) is 52.2 Å². The third-order valence-corrected chi connectivity index (χ3v) is 4.31. The highest BCUT2D eigenvalue weighted by Crippen LogP contribution is 2.14. The number of amides is 2. The van der Waals surface area contributed by atoms with Gasteiger partial charge < -0.3 is 15.7 Å². The molecule has 0 spiro atoms. The number of thiophene rings is 1. The second-order valence-corrected chi connectivity index (χ2v) is 6.65. The Morgan fingerprint density at radius 1 is 1.25 bits per heavy atom. The third kappa shape index (κ3) is 6.14. The Labute approximate surface area is 145 Å². The Morgan fingerprint density at radius 3 is 2.79 bits per heavy atom. The van der Waals surface area contributed by atoms with E-state index in [2.05, 4.69) is 16.7 Å². The van der Waals surface area contributed by atoms with Crippen molar-refractivity contribution < 1.29 is 14.7 Å². The molecule has 0 fully saturated rings. The molecular formula is C18H22N2O3S. The number of anilines is 1. The molecule has 0 radical (unpaired) electrons. The molecule has 6 heteroatoms. The lowest BCUT2D eigenvalue weighted by Crippen LogP contribution is -2.30. The summed E-state index contributed by atoms with van der Waals surface area (Å²) < 4.78 is 0. The number of carbonyl (C=O) groups is 2. The maximum atomic E-state index is 12.0. The van der Waals surface area contributed by atoms with Crippen molar-refractivity contribution in [1.29, 1.82) is 0 Å². The highest BCUT2D eigenvalue weighted by atomic mass is 32.1. The summed E-state index contributed by atoms with van der Waals surface area (Å²) in [6, 6.07) is 10.9. The molecule has 1 unspecified atom stereocenters. The molecule has 0 saturated carbocycles. The predicted molar refractivity (Wildman–Crippen MR) is 96.3 cm³/mol. The van der Waals surface area contributed by atoms with Crippen LogP contribution in [-0.4, -0.2) is 29.6 Å². The van der Waals surface area contributed by atoms with Gasteiger partial charge in [0.1, 0.15) is 0 Å². The normalized spacial score (nSPS) is 11.8. The average molecular weight is 346 g/mol. The van der Waals surface area contributed by atoms with Crippen LogP contribution >= 0.6 is 11.3 Å². The topological polar surface area (TPSA) is 78.4 Å². The number of aliphatic hydroxyl groups excluding tert-OH is 1. The van der Waals surface area contributed by atoms with Crippen molar-refractivity contribution in [3.8, 4) is 0 Å². The van der Waals surface area contributed by atoms with Crippen LogP contribution < -0.4 is 10.6 Å². The van der Waals surface area contributed by atoms with Crippen LogP contribution in [0, 0.1) is 0 Å². The molecule has 1 aromatic carbocycles. The van der Waals surface area contributed by atoms with Gasteiger partial charge in [-0.05, 0) is 49.4 Å². The monoisotopic (exact) mass is 346 g/mol. The van der Waals surface area contributed by atoms with Crippen molar-refractivity contribution in [2.75, 3.05) is 11.9 Å². The summed E-state index contributed by atoms with van der Waals surface area (Å²) in [5.41, 5.74) is 1.05. The summed E-state index contributed by atoms with van der Waals surface area (Å²) in [6.07, 6.45) is 1.53. The Hall–Kier alpha value is -2.18. The molecule has 0 aliphatic heterocycles. The molecule has 24 heavy (non-hydrogen) atoms. The number of rotatable bonds is 8. The SMILES string of the molecule is CC(O)CNC(=O)c1cccc(NC(=O)CCCc2cccs2)c1. The molecule has 3 N–H and O–H groups in total. The molecule has 1 atom stereocenters. The molecular weight excluding hydrogens is 324 g/mol. The fraction of sp³-hybridized carbons (Fsp3) is 0.333. The quantitative estimate of drug-likeness (QED) is 0.688. The molecule has 2 amide bonds. The van der Waals surface area contributed by atoms with Crippen molar-refractivity contribution in [2.24, 2.45) is 0 Å². The van der Waals surface area contributed by atoms with E-state index in [-0.39, 0.29) is 18.4 Å². The van der Waals surface area contributed by atoms with E-state index in [4.69, 9.17) is 0 Å². The van der Waals surface area contributed by atoms with Crippen LogP contribution in [0.15, 0.2) is 41.8 Å². The molecule has 2 aromatic rings. The van der Waals surface area contributed by atoms with Gasteiger partial charge in [0.25, 0.3) is 5.91 Å². The number of hydrogen-bond donors (Lipinski definition) is 3. The van der Waals surface area contributed by atoms with Crippen LogP contribution in [0.5, 0.6) is 0 Å². The standard InChI is InChI=1S/C18H22N2O3S/c1-13(21)12-19-18(23)14-5-2-6-15(11-14)20-17(22)9-3-7-16-8-4-10-24-16/h2,4-6,8,10-11,13,21H,3,7,9,12H2,1H3,(H,19,23)(H,20,22). The summed E-state index contributed by atoms with van der Waals surface area (Å²) in [6.45, 7) is 1.80. The number of benzene rings is 1. The largest absolute Gasteiger partial charge is 0.392 e. The molecule has 2 rings (SSSR count). The van der Waals surface area contributed by atoms with Crippen molar-refractivity contribution >= 4 is 28.8 Å². The van der Waals surface area contributed by atoms with Gasteiger partial charge in [0.05, 0.1) is 6.10 Å². The highest BCUT2D eigenvalue weighted by Gasteiger charge is 2.09. The molecule has 0 saturated heterocycles. The van der Waals surface area contributed by atoms with Gasteiger partial charge in [-0.15, -0.1) is 11.3 Å². The molecule has 128 valence electrons. The minimum Gasteiger partial charge on any atom is -0.392 e. The van der Waals surface area contributed by atoms with Gasteiger partial charge >= 0.3 is 0 Å². The third-order valence-electron chi connectivity index (χ3n) is 3.37. The van der Waals surface area contributed by atoms with Gasteiger partial charge in [-0.2, -0.15) is 0 Å². The lowest BCUT2D eigenvalue weighted by Gasteiger charge is -2.09. The molecule has 1 aromatic heterocycles. The van der Waals surface area contributed by atoms with E-state index in [0.717, 1.165) is 12.8 Å². The highest BCUT2D eigenvalue weighted by molar-refractivity contribution is 7.09. The zero-order valence-corrected chi connectivity index (χ0v) is 14.4. The Bertz CT molecular complexity index is 669. The number of carbonyl (C=O) groups excluding carboxylic acids is 2. The first-order valence-electron chi connectivity index (χ1n) is 7.93. The van der Waals surface area contributed by atoms with E-state index in [1.54, 1.807) is 42.5 Å². The van der Waals surface area contributed by atoms with E-state index in [0.29, 0.717) is 17.7 Å². The summed E-state index contributed by atoms with van der Waals surface area (Å²) in [5, 5.41) is 16.7. The van der Waals surface area contributed by atoms with Crippen LogP contribution in [0.3, 0.4) is 0 Å². The lowest BCUT2D eigenvalue weighted by atomic mass is 10.1. The number of aliphatic hydroxyl groups is 1. The van der Waals surface area contributed by atoms with E-state index in [9.17, 15) is 14.7 Å². The first-order valence-corrected chi connectivity index (χ1v) is 8.81. The molecule has 0 aliphatic rings. The first-order chi connectivity index (χ1) is 11.5.